The number of carboxylic acid groups (broad SMARTS) is 1. The van der Waals surface area contributed by atoms with Gasteiger partial charge in [0.25, 0.3) is 0 Å². The van der Waals surface area contributed by atoms with Crippen molar-refractivity contribution in [2.75, 3.05) is 13.1 Å². The number of alkyl halides is 1. The number of piperidine rings is 1. The number of amides is 1. The van der Waals surface area contributed by atoms with Crippen LogP contribution in [-0.4, -0.2) is 40.8 Å². The van der Waals surface area contributed by atoms with Crippen molar-refractivity contribution in [3.63, 3.8) is 0 Å². The molecule has 2 rings (SSSR count). The fourth-order valence-corrected chi connectivity index (χ4v) is 2.57. The standard InChI is InChI=1S/C17H22FNO4/c1-16(2,3)23-15(22)19-10-8-17(18,9-11-19)13-6-4-12(5-7-13)14(20)21/h4-7H,8-11H2,1-3H3,(H,20,21). The summed E-state index contributed by atoms with van der Waals surface area (Å²) in [5, 5.41) is 8.89. The molecule has 0 bridgehead atoms. The minimum absolute atomic E-state index is 0.128. The maximum atomic E-state index is 15.1. The number of halogens is 1. The van der Waals surface area contributed by atoms with Gasteiger partial charge in [-0.2, -0.15) is 0 Å². The van der Waals surface area contributed by atoms with Crippen LogP contribution in [0, 0.1) is 0 Å². The molecule has 0 unspecified atom stereocenters. The summed E-state index contributed by atoms with van der Waals surface area (Å²) in [5.41, 5.74) is -1.54. The Hall–Kier alpha value is -2.11. The summed E-state index contributed by atoms with van der Waals surface area (Å²) < 4.78 is 20.4. The highest BCUT2D eigenvalue weighted by molar-refractivity contribution is 5.87. The lowest BCUT2D eigenvalue weighted by molar-refractivity contribution is 0.00216. The highest BCUT2D eigenvalue weighted by Gasteiger charge is 2.38. The van der Waals surface area contributed by atoms with Crippen molar-refractivity contribution in [1.82, 2.24) is 4.90 Å². The van der Waals surface area contributed by atoms with Crippen LogP contribution in [0.5, 0.6) is 0 Å². The average Bonchev–Trinajstić information content (AvgIpc) is 2.46. The minimum atomic E-state index is -1.55. The van der Waals surface area contributed by atoms with Crippen LogP contribution in [0.25, 0.3) is 0 Å². The van der Waals surface area contributed by atoms with Gasteiger partial charge in [0.05, 0.1) is 5.56 Å². The zero-order valence-electron chi connectivity index (χ0n) is 13.6. The molecule has 5 nitrogen and oxygen atoms in total. The van der Waals surface area contributed by atoms with E-state index >= 15 is 4.39 Å². The highest BCUT2D eigenvalue weighted by Crippen LogP contribution is 2.37. The van der Waals surface area contributed by atoms with Crippen molar-refractivity contribution in [2.24, 2.45) is 0 Å². The van der Waals surface area contributed by atoms with Gasteiger partial charge in [0.1, 0.15) is 11.3 Å². The molecule has 1 aliphatic heterocycles. The molecule has 1 N–H and O–H groups in total. The number of ether oxygens (including phenoxy) is 1. The van der Waals surface area contributed by atoms with Gasteiger partial charge in [-0.15, -0.1) is 0 Å². The van der Waals surface area contributed by atoms with Crippen LogP contribution in [0.2, 0.25) is 0 Å². The summed E-state index contributed by atoms with van der Waals surface area (Å²) >= 11 is 0. The fraction of sp³-hybridized carbons (Fsp3) is 0.529. The molecule has 0 saturated carbocycles. The highest BCUT2D eigenvalue weighted by atomic mass is 19.1. The first kappa shape index (κ1) is 17.2. The monoisotopic (exact) mass is 323 g/mol. The molecular weight excluding hydrogens is 301 g/mol. The van der Waals surface area contributed by atoms with Crippen LogP contribution in [-0.2, 0) is 10.4 Å². The van der Waals surface area contributed by atoms with Crippen LogP contribution in [0.1, 0.15) is 49.5 Å². The van der Waals surface area contributed by atoms with Crippen molar-refractivity contribution in [3.05, 3.63) is 35.4 Å². The normalized spacial score (nSPS) is 17.7. The summed E-state index contributed by atoms with van der Waals surface area (Å²) in [5.74, 6) is -1.04. The first-order chi connectivity index (χ1) is 10.6. The zero-order valence-corrected chi connectivity index (χ0v) is 13.6. The second-order valence-corrected chi connectivity index (χ2v) is 6.82. The summed E-state index contributed by atoms with van der Waals surface area (Å²) in [7, 11) is 0. The van der Waals surface area contributed by atoms with Gasteiger partial charge in [-0.1, -0.05) is 12.1 Å². The number of likely N-dealkylation sites (tertiary alicyclic amines) is 1. The Morgan fingerprint density at radius 1 is 1.17 bits per heavy atom. The first-order valence-electron chi connectivity index (χ1n) is 7.61. The third kappa shape index (κ3) is 4.21. The number of carbonyl (C=O) groups excluding carboxylic acids is 1. The van der Waals surface area contributed by atoms with Crippen LogP contribution >= 0.6 is 0 Å². The maximum Gasteiger partial charge on any atom is 0.410 e. The molecule has 0 spiro atoms. The zero-order chi connectivity index (χ0) is 17.3. The van der Waals surface area contributed by atoms with Gasteiger partial charge >= 0.3 is 12.1 Å². The van der Waals surface area contributed by atoms with E-state index in [0.717, 1.165) is 0 Å². The molecule has 1 saturated heterocycles. The maximum absolute atomic E-state index is 15.1. The van der Waals surface area contributed by atoms with E-state index in [1.54, 1.807) is 20.8 Å². The quantitative estimate of drug-likeness (QED) is 0.903. The van der Waals surface area contributed by atoms with Crippen molar-refractivity contribution in [3.8, 4) is 0 Å². The van der Waals surface area contributed by atoms with Gasteiger partial charge in [0, 0.05) is 25.9 Å². The van der Waals surface area contributed by atoms with E-state index in [9.17, 15) is 9.59 Å². The molecule has 0 aromatic heterocycles. The van der Waals surface area contributed by atoms with E-state index in [2.05, 4.69) is 0 Å². The molecule has 1 fully saturated rings. The second-order valence-electron chi connectivity index (χ2n) is 6.82. The number of carbonyl (C=O) groups is 2. The number of nitrogens with zero attached hydrogens (tertiary/aromatic N) is 1. The molecule has 1 aromatic rings. The summed E-state index contributed by atoms with van der Waals surface area (Å²) in [6, 6.07) is 5.82. The Kier molecular flexibility index (Phi) is 4.63. The van der Waals surface area contributed by atoms with Crippen LogP contribution < -0.4 is 0 Å². The van der Waals surface area contributed by atoms with Crippen molar-refractivity contribution < 1.29 is 23.8 Å². The number of aromatic carboxylic acids is 1. The summed E-state index contributed by atoms with van der Waals surface area (Å²) in [6.07, 6.45) is -0.0992. The number of hydrogen-bond donors (Lipinski definition) is 1. The van der Waals surface area contributed by atoms with Gasteiger partial charge < -0.3 is 14.7 Å². The molecule has 1 aliphatic rings. The van der Waals surface area contributed by atoms with E-state index in [0.29, 0.717) is 5.56 Å². The van der Waals surface area contributed by atoms with E-state index in [4.69, 9.17) is 9.84 Å². The molecular formula is C17H22FNO4. The van der Waals surface area contributed by atoms with Crippen molar-refractivity contribution >= 4 is 12.1 Å². The molecule has 126 valence electrons. The Labute approximate surface area is 135 Å². The van der Waals surface area contributed by atoms with E-state index in [-0.39, 0.29) is 31.5 Å². The van der Waals surface area contributed by atoms with Crippen molar-refractivity contribution in [1.29, 1.82) is 0 Å². The SMILES string of the molecule is CC(C)(C)OC(=O)N1CCC(F)(c2ccc(C(=O)O)cc2)CC1. The minimum Gasteiger partial charge on any atom is -0.478 e. The Bertz CT molecular complexity index is 584. The topological polar surface area (TPSA) is 66.8 Å². The van der Waals surface area contributed by atoms with Crippen molar-refractivity contribution in [2.45, 2.75) is 44.9 Å². The number of carboxylic acids is 1. The Morgan fingerprint density at radius 3 is 2.13 bits per heavy atom. The molecule has 6 heteroatoms. The van der Waals surface area contributed by atoms with Gasteiger partial charge in [0.15, 0.2) is 0 Å². The van der Waals surface area contributed by atoms with E-state index in [1.807, 2.05) is 0 Å². The predicted molar refractivity (Wildman–Crippen MR) is 83.2 cm³/mol. The van der Waals surface area contributed by atoms with Gasteiger partial charge in [0.2, 0.25) is 0 Å². The first-order valence-corrected chi connectivity index (χ1v) is 7.61. The third-order valence-corrected chi connectivity index (χ3v) is 3.86. The lowest BCUT2D eigenvalue weighted by Gasteiger charge is -2.37. The number of benzene rings is 1. The fourth-order valence-electron chi connectivity index (χ4n) is 2.57. The molecule has 1 amide bonds. The van der Waals surface area contributed by atoms with E-state index < -0.39 is 23.3 Å². The van der Waals surface area contributed by atoms with Gasteiger partial charge in [-0.05, 0) is 38.5 Å². The molecule has 0 aliphatic carbocycles. The third-order valence-electron chi connectivity index (χ3n) is 3.86. The van der Waals surface area contributed by atoms with Crippen LogP contribution in [0.3, 0.4) is 0 Å². The molecule has 23 heavy (non-hydrogen) atoms. The smallest absolute Gasteiger partial charge is 0.410 e. The molecule has 1 heterocycles. The number of rotatable bonds is 2. The average molecular weight is 323 g/mol. The van der Waals surface area contributed by atoms with Crippen LogP contribution in [0.4, 0.5) is 9.18 Å². The molecule has 0 radical (unpaired) electrons. The van der Waals surface area contributed by atoms with Gasteiger partial charge in [-0.3, -0.25) is 0 Å². The van der Waals surface area contributed by atoms with Crippen LogP contribution in [0.15, 0.2) is 24.3 Å². The summed E-state index contributed by atoms with van der Waals surface area (Å²) in [4.78, 5) is 24.4. The summed E-state index contributed by atoms with van der Waals surface area (Å²) in [6.45, 7) is 5.91. The van der Waals surface area contributed by atoms with E-state index in [1.165, 1.54) is 29.2 Å². The van der Waals surface area contributed by atoms with Gasteiger partial charge in [-0.25, -0.2) is 14.0 Å². The second kappa shape index (κ2) is 6.18. The lowest BCUT2D eigenvalue weighted by atomic mass is 9.86. The predicted octanol–water partition coefficient (Wildman–Crippen LogP) is 3.58. The number of hydrogen-bond acceptors (Lipinski definition) is 3. The molecule has 1 aromatic carbocycles. The lowest BCUT2D eigenvalue weighted by Crippen LogP contribution is -2.45. The largest absolute Gasteiger partial charge is 0.478 e. The Morgan fingerprint density at radius 2 is 1.70 bits per heavy atom. The molecule has 0 atom stereocenters. The Balaban J connectivity index is 2.02.